The molecule has 0 amide bonds. The van der Waals surface area contributed by atoms with Crippen molar-refractivity contribution in [2.24, 2.45) is 5.92 Å². The van der Waals surface area contributed by atoms with E-state index in [-0.39, 0.29) is 5.92 Å². The summed E-state index contributed by atoms with van der Waals surface area (Å²) in [6.07, 6.45) is 3.60. The molecule has 8 heteroatoms. The van der Waals surface area contributed by atoms with Crippen molar-refractivity contribution in [3.63, 3.8) is 0 Å². The lowest BCUT2D eigenvalue weighted by Gasteiger charge is -2.33. The summed E-state index contributed by atoms with van der Waals surface area (Å²) in [4.78, 5) is 4.13. The molecule has 2 rings (SSSR count). The highest BCUT2D eigenvalue weighted by Gasteiger charge is 2.32. The van der Waals surface area contributed by atoms with Gasteiger partial charge in [-0.05, 0) is 18.8 Å². The van der Waals surface area contributed by atoms with Crippen LogP contribution in [0, 0.1) is 5.92 Å². The van der Waals surface area contributed by atoms with Crippen molar-refractivity contribution in [2.75, 3.05) is 33.9 Å². The van der Waals surface area contributed by atoms with Gasteiger partial charge in [0.2, 0.25) is 0 Å². The van der Waals surface area contributed by atoms with E-state index in [1.807, 2.05) is 5.38 Å². The normalized spacial score (nSPS) is 21.4. The molecule has 1 aromatic rings. The van der Waals surface area contributed by atoms with Gasteiger partial charge < -0.3 is 4.74 Å². The Balaban J connectivity index is 2.01. The number of rotatable bonds is 6. The molecule has 0 saturated carbocycles. The molecule has 0 N–H and O–H groups in total. The van der Waals surface area contributed by atoms with Crippen LogP contribution in [0.25, 0.3) is 0 Å². The van der Waals surface area contributed by atoms with Gasteiger partial charge in [0.05, 0.1) is 13.2 Å². The van der Waals surface area contributed by atoms with E-state index in [1.165, 1.54) is 15.6 Å². The fourth-order valence-electron chi connectivity index (χ4n) is 2.41. The Hall–Kier alpha value is -0.540. The van der Waals surface area contributed by atoms with E-state index >= 15 is 0 Å². The van der Waals surface area contributed by atoms with Crippen molar-refractivity contribution >= 4 is 21.5 Å². The molecule has 1 fully saturated rings. The maximum Gasteiger partial charge on any atom is 0.282 e. The summed E-state index contributed by atoms with van der Waals surface area (Å²) in [6, 6.07) is 0. The number of hydrogen-bond donors (Lipinski definition) is 0. The Morgan fingerprint density at radius 3 is 3.05 bits per heavy atom. The third-order valence-electron chi connectivity index (χ3n) is 3.45. The fourth-order valence-corrected chi connectivity index (χ4v) is 4.60. The number of ether oxygens (including phenoxy) is 1. The van der Waals surface area contributed by atoms with Crippen LogP contribution in [0.1, 0.15) is 17.8 Å². The second-order valence-corrected chi connectivity index (χ2v) is 8.03. The molecule has 0 radical (unpaired) electrons. The zero-order valence-corrected chi connectivity index (χ0v) is 13.5. The van der Waals surface area contributed by atoms with Gasteiger partial charge in [0.15, 0.2) is 0 Å². The number of methoxy groups -OCH3 is 1. The molecule has 114 valence electrons. The molecule has 0 aliphatic carbocycles. The number of piperidine rings is 1. The molecule has 1 aromatic heterocycles. The first-order valence-electron chi connectivity index (χ1n) is 6.62. The van der Waals surface area contributed by atoms with Gasteiger partial charge in [0.25, 0.3) is 10.2 Å². The van der Waals surface area contributed by atoms with Crippen LogP contribution in [0.15, 0.2) is 11.6 Å². The van der Waals surface area contributed by atoms with Gasteiger partial charge in [0.1, 0.15) is 5.01 Å². The van der Waals surface area contributed by atoms with Gasteiger partial charge in [-0.2, -0.15) is 17.0 Å². The van der Waals surface area contributed by atoms with Crippen LogP contribution in [-0.4, -0.2) is 55.9 Å². The number of nitrogens with zero attached hydrogens (tertiary/aromatic N) is 3. The molecular weight excluding hydrogens is 298 g/mol. The molecule has 0 bridgehead atoms. The van der Waals surface area contributed by atoms with Gasteiger partial charge in [0, 0.05) is 38.8 Å². The maximum atomic E-state index is 12.5. The van der Waals surface area contributed by atoms with Crippen molar-refractivity contribution < 1.29 is 13.2 Å². The first-order chi connectivity index (χ1) is 9.54. The zero-order valence-electron chi connectivity index (χ0n) is 11.9. The highest BCUT2D eigenvalue weighted by molar-refractivity contribution is 7.86. The molecule has 1 aliphatic rings. The van der Waals surface area contributed by atoms with Crippen LogP contribution >= 0.6 is 11.3 Å². The van der Waals surface area contributed by atoms with E-state index in [9.17, 15) is 8.42 Å². The summed E-state index contributed by atoms with van der Waals surface area (Å²) in [7, 11) is -0.149. The highest BCUT2D eigenvalue weighted by atomic mass is 32.2. The standard InChI is InChI=1S/C12H21N3O3S2/c1-14(9-12-13-5-7-19-12)20(16,17)15-6-3-4-11(8-15)10-18-2/h5,7,11H,3-4,6,8-10H2,1-2H3. The smallest absolute Gasteiger partial charge is 0.282 e. The lowest BCUT2D eigenvalue weighted by Crippen LogP contribution is -2.47. The molecule has 1 aliphatic heterocycles. The summed E-state index contributed by atoms with van der Waals surface area (Å²) in [5.41, 5.74) is 0. The van der Waals surface area contributed by atoms with Gasteiger partial charge in [-0.25, -0.2) is 4.98 Å². The van der Waals surface area contributed by atoms with Crippen LogP contribution in [-0.2, 0) is 21.5 Å². The first-order valence-corrected chi connectivity index (χ1v) is 8.90. The number of aromatic nitrogens is 1. The van der Waals surface area contributed by atoms with Crippen LogP contribution in [0.2, 0.25) is 0 Å². The van der Waals surface area contributed by atoms with Crippen molar-refractivity contribution in [1.29, 1.82) is 0 Å². The Kier molecular flexibility index (Phi) is 5.50. The van der Waals surface area contributed by atoms with Crippen LogP contribution in [0.4, 0.5) is 0 Å². The van der Waals surface area contributed by atoms with E-state index in [1.54, 1.807) is 24.7 Å². The van der Waals surface area contributed by atoms with E-state index in [0.29, 0.717) is 26.2 Å². The van der Waals surface area contributed by atoms with E-state index in [2.05, 4.69) is 4.98 Å². The van der Waals surface area contributed by atoms with Gasteiger partial charge in [-0.15, -0.1) is 11.3 Å². The van der Waals surface area contributed by atoms with Crippen LogP contribution < -0.4 is 0 Å². The molecule has 1 unspecified atom stereocenters. The lowest BCUT2D eigenvalue weighted by molar-refractivity contribution is 0.116. The number of hydrogen-bond acceptors (Lipinski definition) is 5. The van der Waals surface area contributed by atoms with Crippen molar-refractivity contribution in [3.05, 3.63) is 16.6 Å². The van der Waals surface area contributed by atoms with E-state index in [4.69, 9.17) is 4.74 Å². The average Bonchev–Trinajstić information content (AvgIpc) is 2.92. The predicted octanol–water partition coefficient (Wildman–Crippen LogP) is 1.18. The first kappa shape index (κ1) is 15.8. The van der Waals surface area contributed by atoms with Crippen LogP contribution in [0.3, 0.4) is 0 Å². The quantitative estimate of drug-likeness (QED) is 0.790. The zero-order chi connectivity index (χ0) is 14.6. The third kappa shape index (κ3) is 3.76. The Morgan fingerprint density at radius 2 is 2.40 bits per heavy atom. The van der Waals surface area contributed by atoms with Crippen molar-refractivity contribution in [3.8, 4) is 0 Å². The third-order valence-corrected chi connectivity index (χ3v) is 6.11. The van der Waals surface area contributed by atoms with Crippen molar-refractivity contribution in [1.82, 2.24) is 13.6 Å². The largest absolute Gasteiger partial charge is 0.384 e. The maximum absolute atomic E-state index is 12.5. The molecule has 1 saturated heterocycles. The minimum Gasteiger partial charge on any atom is -0.384 e. The molecular formula is C12H21N3O3S2. The predicted molar refractivity (Wildman–Crippen MR) is 78.7 cm³/mol. The summed E-state index contributed by atoms with van der Waals surface area (Å²) in [5, 5.41) is 2.66. The minimum atomic E-state index is -3.41. The molecule has 1 atom stereocenters. The Morgan fingerprint density at radius 1 is 1.60 bits per heavy atom. The SMILES string of the molecule is COCC1CCCN(S(=O)(=O)N(C)Cc2nccs2)C1. The highest BCUT2D eigenvalue weighted by Crippen LogP contribution is 2.22. The fraction of sp³-hybridized carbons (Fsp3) is 0.750. The molecule has 20 heavy (non-hydrogen) atoms. The Bertz CT molecular complexity index is 502. The van der Waals surface area contributed by atoms with Gasteiger partial charge in [-0.1, -0.05) is 0 Å². The number of thiazole rings is 1. The monoisotopic (exact) mass is 319 g/mol. The summed E-state index contributed by atoms with van der Waals surface area (Å²) >= 11 is 1.47. The molecule has 0 aromatic carbocycles. The molecule has 0 spiro atoms. The summed E-state index contributed by atoms with van der Waals surface area (Å²) in [6.45, 7) is 2.07. The van der Waals surface area contributed by atoms with E-state index < -0.39 is 10.2 Å². The second-order valence-electron chi connectivity index (χ2n) is 5.01. The topological polar surface area (TPSA) is 62.7 Å². The summed E-state index contributed by atoms with van der Waals surface area (Å²) in [5.74, 6) is 0.289. The minimum absolute atomic E-state index is 0.289. The molecule has 6 nitrogen and oxygen atoms in total. The van der Waals surface area contributed by atoms with E-state index in [0.717, 1.165) is 17.8 Å². The van der Waals surface area contributed by atoms with Gasteiger partial charge >= 0.3 is 0 Å². The second kappa shape index (κ2) is 6.95. The molecule has 2 heterocycles. The Labute approximate surface area is 124 Å². The van der Waals surface area contributed by atoms with Crippen LogP contribution in [0.5, 0.6) is 0 Å². The van der Waals surface area contributed by atoms with Gasteiger partial charge in [-0.3, -0.25) is 0 Å². The lowest BCUT2D eigenvalue weighted by atomic mass is 10.0. The average molecular weight is 319 g/mol. The summed E-state index contributed by atoms with van der Waals surface area (Å²) < 4.78 is 33.2. The van der Waals surface area contributed by atoms with Crippen molar-refractivity contribution in [2.45, 2.75) is 19.4 Å².